The van der Waals surface area contributed by atoms with E-state index in [1.807, 2.05) is 6.07 Å². The molecule has 0 radical (unpaired) electrons. The highest BCUT2D eigenvalue weighted by atomic mass is 35.5. The van der Waals surface area contributed by atoms with Gasteiger partial charge in [0.25, 0.3) is 5.91 Å². The first kappa shape index (κ1) is 20.2. The molecule has 0 aliphatic rings. The van der Waals surface area contributed by atoms with Crippen LogP contribution < -0.4 is 10.1 Å². The highest BCUT2D eigenvalue weighted by molar-refractivity contribution is 7.15. The number of benzene rings is 2. The molecule has 1 aromatic heterocycles. The number of thiazole rings is 1. The van der Waals surface area contributed by atoms with E-state index in [0.717, 1.165) is 10.4 Å². The summed E-state index contributed by atoms with van der Waals surface area (Å²) in [5.41, 5.74) is 0.934. The van der Waals surface area contributed by atoms with Gasteiger partial charge in [0.1, 0.15) is 5.75 Å². The highest BCUT2D eigenvalue weighted by Crippen LogP contribution is 2.28. The first-order valence-corrected chi connectivity index (χ1v) is 10.00. The van der Waals surface area contributed by atoms with Crippen molar-refractivity contribution in [1.29, 1.82) is 0 Å². The Labute approximate surface area is 180 Å². The van der Waals surface area contributed by atoms with Crippen LogP contribution in [-0.2, 0) is 11.2 Å². The third kappa shape index (κ3) is 5.74. The number of nitrogens with zero attached hydrogens (tertiary/aromatic N) is 1. The van der Waals surface area contributed by atoms with Gasteiger partial charge in [0.15, 0.2) is 11.7 Å². The largest absolute Gasteiger partial charge is 0.482 e. The SMILES string of the molecule is O=C(COc1ccc(Cl)cc1Cl)Nc1ncc(Cc2ccc(Cl)cc2Cl)s1. The van der Waals surface area contributed by atoms with Crippen molar-refractivity contribution in [3.8, 4) is 5.75 Å². The molecule has 3 rings (SSSR count). The van der Waals surface area contributed by atoms with Crippen molar-refractivity contribution in [1.82, 2.24) is 4.98 Å². The van der Waals surface area contributed by atoms with Crippen molar-refractivity contribution in [2.24, 2.45) is 0 Å². The van der Waals surface area contributed by atoms with Crippen molar-refractivity contribution < 1.29 is 9.53 Å². The number of amides is 1. The molecule has 1 heterocycles. The summed E-state index contributed by atoms with van der Waals surface area (Å²) in [5, 5.41) is 5.18. The normalized spacial score (nSPS) is 10.7. The van der Waals surface area contributed by atoms with Crippen LogP contribution in [0, 0.1) is 0 Å². The van der Waals surface area contributed by atoms with Crippen LogP contribution in [0.3, 0.4) is 0 Å². The van der Waals surface area contributed by atoms with E-state index >= 15 is 0 Å². The van der Waals surface area contributed by atoms with E-state index in [2.05, 4.69) is 10.3 Å². The third-order valence-electron chi connectivity index (χ3n) is 3.43. The second-order valence-electron chi connectivity index (χ2n) is 5.46. The zero-order chi connectivity index (χ0) is 19.4. The summed E-state index contributed by atoms with van der Waals surface area (Å²) in [6.45, 7) is -0.195. The van der Waals surface area contributed by atoms with Crippen LogP contribution >= 0.6 is 57.7 Å². The molecule has 0 fully saturated rings. The molecular formula is C18H12Cl4N2O2S. The van der Waals surface area contributed by atoms with E-state index in [-0.39, 0.29) is 12.5 Å². The minimum atomic E-state index is -0.341. The fourth-order valence-corrected chi connectivity index (χ4v) is 3.98. The molecule has 0 aliphatic heterocycles. The molecule has 9 heteroatoms. The van der Waals surface area contributed by atoms with E-state index in [0.29, 0.717) is 37.4 Å². The zero-order valence-corrected chi connectivity index (χ0v) is 17.5. The predicted octanol–water partition coefficient (Wildman–Crippen LogP) is 6.37. The summed E-state index contributed by atoms with van der Waals surface area (Å²) in [5.74, 6) is 0.0415. The monoisotopic (exact) mass is 460 g/mol. The number of rotatable bonds is 6. The summed E-state index contributed by atoms with van der Waals surface area (Å²) in [6.07, 6.45) is 2.29. The molecule has 2 aromatic carbocycles. The Morgan fingerprint density at radius 3 is 2.44 bits per heavy atom. The first-order chi connectivity index (χ1) is 12.9. The van der Waals surface area contributed by atoms with E-state index in [1.54, 1.807) is 36.5 Å². The number of hydrogen-bond donors (Lipinski definition) is 1. The molecule has 0 saturated carbocycles. The summed E-state index contributed by atoms with van der Waals surface area (Å²) < 4.78 is 5.40. The van der Waals surface area contributed by atoms with Crippen LogP contribution in [0.5, 0.6) is 5.75 Å². The van der Waals surface area contributed by atoms with Gasteiger partial charge in [-0.2, -0.15) is 0 Å². The van der Waals surface area contributed by atoms with Gasteiger partial charge < -0.3 is 4.74 Å². The topological polar surface area (TPSA) is 51.2 Å². The Kier molecular flexibility index (Phi) is 6.84. The summed E-state index contributed by atoms with van der Waals surface area (Å²) in [4.78, 5) is 17.2. The molecule has 0 aliphatic carbocycles. The van der Waals surface area contributed by atoms with Gasteiger partial charge in [-0.1, -0.05) is 52.5 Å². The lowest BCUT2D eigenvalue weighted by atomic mass is 10.1. The molecule has 4 nitrogen and oxygen atoms in total. The number of carbonyl (C=O) groups excluding carboxylic acids is 1. The second kappa shape index (κ2) is 9.13. The van der Waals surface area contributed by atoms with Crippen molar-refractivity contribution in [2.45, 2.75) is 6.42 Å². The van der Waals surface area contributed by atoms with Crippen molar-refractivity contribution in [3.05, 3.63) is 73.1 Å². The molecule has 0 atom stereocenters. The Morgan fingerprint density at radius 2 is 1.74 bits per heavy atom. The predicted molar refractivity (Wildman–Crippen MR) is 112 cm³/mol. The first-order valence-electron chi connectivity index (χ1n) is 7.67. The summed E-state index contributed by atoms with van der Waals surface area (Å²) in [6, 6.07) is 10.1. The van der Waals surface area contributed by atoms with E-state index < -0.39 is 0 Å². The van der Waals surface area contributed by atoms with Crippen LogP contribution in [0.4, 0.5) is 5.13 Å². The lowest BCUT2D eigenvalue weighted by molar-refractivity contribution is -0.118. The molecule has 27 heavy (non-hydrogen) atoms. The fourth-order valence-electron chi connectivity index (χ4n) is 2.19. The van der Waals surface area contributed by atoms with Crippen LogP contribution in [0.2, 0.25) is 20.1 Å². The number of ether oxygens (including phenoxy) is 1. The number of anilines is 1. The van der Waals surface area contributed by atoms with Gasteiger partial charge in [-0.05, 0) is 35.9 Å². The smallest absolute Gasteiger partial charge is 0.264 e. The van der Waals surface area contributed by atoms with Gasteiger partial charge in [0, 0.05) is 32.6 Å². The quantitative estimate of drug-likeness (QED) is 0.464. The molecule has 3 aromatic rings. The fraction of sp³-hybridized carbons (Fsp3) is 0.111. The average Bonchev–Trinajstić information content (AvgIpc) is 3.03. The molecule has 1 N–H and O–H groups in total. The third-order valence-corrected chi connectivity index (χ3v) is 5.46. The van der Waals surface area contributed by atoms with Gasteiger partial charge in [-0.25, -0.2) is 4.98 Å². The lowest BCUT2D eigenvalue weighted by Crippen LogP contribution is -2.20. The maximum absolute atomic E-state index is 12.0. The van der Waals surface area contributed by atoms with E-state index in [9.17, 15) is 4.79 Å². The summed E-state index contributed by atoms with van der Waals surface area (Å²) >= 11 is 25.3. The van der Waals surface area contributed by atoms with Crippen molar-refractivity contribution in [2.75, 3.05) is 11.9 Å². The minimum Gasteiger partial charge on any atom is -0.482 e. The van der Waals surface area contributed by atoms with Crippen LogP contribution in [0.1, 0.15) is 10.4 Å². The van der Waals surface area contributed by atoms with Crippen molar-refractivity contribution >= 4 is 68.8 Å². The Balaban J connectivity index is 1.56. The van der Waals surface area contributed by atoms with Gasteiger partial charge in [0.2, 0.25) is 0 Å². The molecule has 0 saturated heterocycles. The van der Waals surface area contributed by atoms with Crippen LogP contribution in [-0.4, -0.2) is 17.5 Å². The van der Waals surface area contributed by atoms with Gasteiger partial charge >= 0.3 is 0 Å². The average molecular weight is 462 g/mol. The van der Waals surface area contributed by atoms with Crippen LogP contribution in [0.25, 0.3) is 0 Å². The minimum absolute atomic E-state index is 0.195. The number of carbonyl (C=O) groups is 1. The standard InChI is InChI=1S/C18H12Cl4N2O2S/c19-11-2-1-10(14(21)6-11)5-13-8-23-18(27-13)24-17(25)9-26-16-4-3-12(20)7-15(16)22/h1-4,6-8H,5,9H2,(H,23,24,25). The summed E-state index contributed by atoms with van der Waals surface area (Å²) in [7, 11) is 0. The van der Waals surface area contributed by atoms with Gasteiger partial charge in [-0.3, -0.25) is 10.1 Å². The Bertz CT molecular complexity index is 978. The molecular weight excluding hydrogens is 450 g/mol. The van der Waals surface area contributed by atoms with Gasteiger partial charge in [-0.15, -0.1) is 11.3 Å². The van der Waals surface area contributed by atoms with Crippen molar-refractivity contribution in [3.63, 3.8) is 0 Å². The molecule has 0 unspecified atom stereocenters. The zero-order valence-electron chi connectivity index (χ0n) is 13.6. The lowest BCUT2D eigenvalue weighted by Gasteiger charge is -2.07. The second-order valence-corrected chi connectivity index (χ2v) is 8.26. The number of nitrogens with one attached hydrogen (secondary N) is 1. The molecule has 1 amide bonds. The van der Waals surface area contributed by atoms with E-state index in [1.165, 1.54) is 11.3 Å². The number of aromatic nitrogens is 1. The number of halogens is 4. The number of hydrogen-bond acceptors (Lipinski definition) is 4. The maximum Gasteiger partial charge on any atom is 0.264 e. The highest BCUT2D eigenvalue weighted by Gasteiger charge is 2.11. The Morgan fingerprint density at radius 1 is 1.04 bits per heavy atom. The van der Waals surface area contributed by atoms with Crippen LogP contribution in [0.15, 0.2) is 42.6 Å². The molecule has 0 spiro atoms. The Hall–Kier alpha value is -1.50. The molecule has 140 valence electrons. The maximum atomic E-state index is 12.0. The van der Waals surface area contributed by atoms with Gasteiger partial charge in [0.05, 0.1) is 5.02 Å². The molecule has 0 bridgehead atoms. The van der Waals surface area contributed by atoms with E-state index in [4.69, 9.17) is 51.1 Å².